The van der Waals surface area contributed by atoms with Gasteiger partial charge in [0, 0.05) is 0 Å². The molecule has 0 aliphatic heterocycles. The normalized spacial score (nSPS) is 28.7. The Morgan fingerprint density at radius 2 is 2.00 bits per heavy atom. The fourth-order valence-corrected chi connectivity index (χ4v) is 3.26. The molecule has 4 heteroatoms. The fraction of sp³-hybridized carbons (Fsp3) is 0.769. The highest BCUT2D eigenvalue weighted by molar-refractivity contribution is 6.74. The number of hydrogen-bond acceptors (Lipinski definition) is 3. The van der Waals surface area contributed by atoms with Gasteiger partial charge in [-0.2, -0.15) is 0 Å². The van der Waals surface area contributed by atoms with E-state index in [1.807, 2.05) is 0 Å². The third kappa shape index (κ3) is 2.63. The largest absolute Gasteiger partial charge is 0.469 e. The van der Waals surface area contributed by atoms with Gasteiger partial charge in [-0.1, -0.05) is 26.8 Å². The topological polar surface area (TPSA) is 35.5 Å². The summed E-state index contributed by atoms with van der Waals surface area (Å²) in [5.74, 6) is -0.359. The third-order valence-corrected chi connectivity index (χ3v) is 8.54. The standard InChI is InChI=1S/C13H24O3Si/c1-8-13(9-10(13)11(14)15-5)16-17(6,7)12(2,3)4/h8,10H,1,9H2,2-7H3. The van der Waals surface area contributed by atoms with Crippen molar-refractivity contribution in [2.75, 3.05) is 7.11 Å². The Labute approximate surface area is 105 Å². The maximum absolute atomic E-state index is 11.5. The highest BCUT2D eigenvalue weighted by Crippen LogP contribution is 2.53. The highest BCUT2D eigenvalue weighted by Gasteiger charge is 2.61. The molecular weight excluding hydrogens is 232 g/mol. The Kier molecular flexibility index (Phi) is 3.61. The maximum atomic E-state index is 11.5. The molecule has 2 unspecified atom stereocenters. The van der Waals surface area contributed by atoms with Gasteiger partial charge in [0.2, 0.25) is 0 Å². The van der Waals surface area contributed by atoms with Crippen LogP contribution in [0.2, 0.25) is 18.1 Å². The van der Waals surface area contributed by atoms with Crippen molar-refractivity contribution < 1.29 is 14.0 Å². The zero-order valence-corrected chi connectivity index (χ0v) is 12.8. The molecule has 98 valence electrons. The van der Waals surface area contributed by atoms with Gasteiger partial charge in [0.1, 0.15) is 0 Å². The summed E-state index contributed by atoms with van der Waals surface area (Å²) in [5.41, 5.74) is -0.476. The van der Waals surface area contributed by atoms with Crippen LogP contribution in [0.3, 0.4) is 0 Å². The van der Waals surface area contributed by atoms with Gasteiger partial charge in [-0.3, -0.25) is 4.79 Å². The summed E-state index contributed by atoms with van der Waals surface area (Å²) in [7, 11) is -0.461. The van der Waals surface area contributed by atoms with E-state index in [0.29, 0.717) is 6.42 Å². The maximum Gasteiger partial charge on any atom is 0.312 e. The second-order valence-electron chi connectivity index (χ2n) is 6.30. The molecule has 0 radical (unpaired) electrons. The molecule has 0 spiro atoms. The Morgan fingerprint density at radius 1 is 1.47 bits per heavy atom. The molecule has 1 rings (SSSR count). The summed E-state index contributed by atoms with van der Waals surface area (Å²) in [6.45, 7) is 14.7. The van der Waals surface area contributed by atoms with Crippen molar-refractivity contribution in [2.24, 2.45) is 5.92 Å². The molecule has 0 aromatic rings. The SMILES string of the molecule is C=CC1(O[Si](C)(C)C(C)(C)C)CC1C(=O)OC. The predicted molar refractivity (Wildman–Crippen MR) is 71.3 cm³/mol. The predicted octanol–water partition coefficient (Wildman–Crippen LogP) is 3.13. The lowest BCUT2D eigenvalue weighted by Gasteiger charge is -2.39. The van der Waals surface area contributed by atoms with Gasteiger partial charge in [0.25, 0.3) is 0 Å². The van der Waals surface area contributed by atoms with Crippen LogP contribution in [0.4, 0.5) is 0 Å². The van der Waals surface area contributed by atoms with Crippen molar-refractivity contribution in [3.63, 3.8) is 0 Å². The van der Waals surface area contributed by atoms with E-state index < -0.39 is 13.9 Å². The van der Waals surface area contributed by atoms with Gasteiger partial charge in [0.05, 0.1) is 18.6 Å². The Morgan fingerprint density at radius 3 is 2.35 bits per heavy atom. The minimum absolute atomic E-state index is 0.131. The van der Waals surface area contributed by atoms with Gasteiger partial charge in [-0.25, -0.2) is 0 Å². The summed E-state index contributed by atoms with van der Waals surface area (Å²) in [6.07, 6.45) is 2.48. The quantitative estimate of drug-likeness (QED) is 0.440. The number of rotatable bonds is 4. The van der Waals surface area contributed by atoms with Gasteiger partial charge in [0.15, 0.2) is 8.32 Å². The van der Waals surface area contributed by atoms with Crippen molar-refractivity contribution >= 4 is 14.3 Å². The number of esters is 1. The van der Waals surface area contributed by atoms with Gasteiger partial charge >= 0.3 is 5.97 Å². The van der Waals surface area contributed by atoms with Crippen molar-refractivity contribution in [1.82, 2.24) is 0 Å². The molecule has 0 N–H and O–H groups in total. The van der Waals surface area contributed by atoms with Crippen LogP contribution in [-0.2, 0) is 14.0 Å². The number of carbonyl (C=O) groups excluding carboxylic acids is 1. The molecule has 0 aromatic heterocycles. The van der Waals surface area contributed by atoms with Crippen LogP contribution in [0.15, 0.2) is 12.7 Å². The lowest BCUT2D eigenvalue weighted by atomic mass is 10.2. The monoisotopic (exact) mass is 256 g/mol. The smallest absolute Gasteiger partial charge is 0.312 e. The average molecular weight is 256 g/mol. The first kappa shape index (κ1) is 14.4. The van der Waals surface area contributed by atoms with E-state index in [9.17, 15) is 4.79 Å². The summed E-state index contributed by atoms with van der Waals surface area (Å²) in [5, 5.41) is 0.131. The summed E-state index contributed by atoms with van der Waals surface area (Å²) in [4.78, 5) is 11.5. The minimum Gasteiger partial charge on any atom is -0.469 e. The van der Waals surface area contributed by atoms with Crippen LogP contribution in [0.5, 0.6) is 0 Å². The lowest BCUT2D eigenvalue weighted by Crippen LogP contribution is -2.45. The molecule has 0 heterocycles. The van der Waals surface area contributed by atoms with Crippen LogP contribution in [0.1, 0.15) is 27.2 Å². The van der Waals surface area contributed by atoms with Crippen LogP contribution >= 0.6 is 0 Å². The molecule has 0 saturated heterocycles. The number of ether oxygens (including phenoxy) is 1. The summed E-state index contributed by atoms with van der Waals surface area (Å²) >= 11 is 0. The van der Waals surface area contributed by atoms with Crippen molar-refractivity contribution in [3.05, 3.63) is 12.7 Å². The molecule has 1 saturated carbocycles. The van der Waals surface area contributed by atoms with Crippen LogP contribution in [0.25, 0.3) is 0 Å². The second kappa shape index (κ2) is 4.25. The second-order valence-corrected chi connectivity index (χ2v) is 11.0. The fourth-order valence-electron chi connectivity index (χ4n) is 1.69. The number of hydrogen-bond donors (Lipinski definition) is 0. The molecule has 0 amide bonds. The molecule has 1 aliphatic carbocycles. The zero-order valence-electron chi connectivity index (χ0n) is 11.8. The van der Waals surface area contributed by atoms with Crippen molar-refractivity contribution in [3.8, 4) is 0 Å². The van der Waals surface area contributed by atoms with Gasteiger partial charge in [-0.15, -0.1) is 6.58 Å². The first-order valence-corrected chi connectivity index (χ1v) is 8.92. The number of methoxy groups -OCH3 is 1. The van der Waals surface area contributed by atoms with E-state index in [-0.39, 0.29) is 16.9 Å². The Bertz CT molecular complexity index is 330. The Balaban J connectivity index is 2.81. The van der Waals surface area contributed by atoms with Crippen molar-refractivity contribution in [2.45, 2.75) is 50.9 Å². The first-order valence-electron chi connectivity index (χ1n) is 6.01. The molecule has 2 atom stereocenters. The molecule has 0 aromatic carbocycles. The van der Waals surface area contributed by atoms with Crippen LogP contribution < -0.4 is 0 Å². The summed E-state index contributed by atoms with van der Waals surface area (Å²) < 4.78 is 11.1. The average Bonchev–Trinajstić information content (AvgIpc) is 2.89. The molecule has 3 nitrogen and oxygen atoms in total. The van der Waals surface area contributed by atoms with Crippen LogP contribution in [0, 0.1) is 5.92 Å². The lowest BCUT2D eigenvalue weighted by molar-refractivity contribution is -0.143. The third-order valence-electron chi connectivity index (χ3n) is 4.04. The van der Waals surface area contributed by atoms with E-state index in [2.05, 4.69) is 40.4 Å². The molecule has 1 aliphatic rings. The first-order chi connectivity index (χ1) is 7.59. The molecule has 0 bridgehead atoms. The highest BCUT2D eigenvalue weighted by atomic mass is 28.4. The Hall–Kier alpha value is -0.613. The minimum atomic E-state index is -1.88. The number of carbonyl (C=O) groups is 1. The van der Waals surface area contributed by atoms with E-state index in [1.54, 1.807) is 6.08 Å². The van der Waals surface area contributed by atoms with Crippen LogP contribution in [-0.4, -0.2) is 27.0 Å². The zero-order chi connectivity index (χ0) is 13.5. The molecule has 1 fully saturated rings. The van der Waals surface area contributed by atoms with Gasteiger partial charge < -0.3 is 9.16 Å². The molecule has 17 heavy (non-hydrogen) atoms. The van der Waals surface area contributed by atoms with E-state index >= 15 is 0 Å². The van der Waals surface area contributed by atoms with E-state index in [4.69, 9.17) is 9.16 Å². The molecular formula is C13H24O3Si. The summed E-state index contributed by atoms with van der Waals surface area (Å²) in [6, 6.07) is 0. The van der Waals surface area contributed by atoms with Gasteiger partial charge in [-0.05, 0) is 24.6 Å². The van der Waals surface area contributed by atoms with E-state index in [1.165, 1.54) is 7.11 Å². The van der Waals surface area contributed by atoms with E-state index in [0.717, 1.165) is 0 Å². The van der Waals surface area contributed by atoms with Crippen molar-refractivity contribution in [1.29, 1.82) is 0 Å².